The summed E-state index contributed by atoms with van der Waals surface area (Å²) in [5.74, 6) is 0. The molecular formula is C26H55NO6P+. The smallest absolute Gasteiger partial charge is 0.333 e. The van der Waals surface area contributed by atoms with E-state index in [2.05, 4.69) is 6.92 Å². The van der Waals surface area contributed by atoms with Crippen molar-refractivity contribution in [3.05, 3.63) is 0 Å². The van der Waals surface area contributed by atoms with Gasteiger partial charge in [-0.1, -0.05) is 96.8 Å². The molecule has 7 nitrogen and oxygen atoms in total. The minimum atomic E-state index is -3.71. The van der Waals surface area contributed by atoms with E-state index in [9.17, 15) is 14.3 Å². The van der Waals surface area contributed by atoms with E-state index in [0.717, 1.165) is 12.8 Å². The highest BCUT2D eigenvalue weighted by molar-refractivity contribution is 7.52. The van der Waals surface area contributed by atoms with Gasteiger partial charge in [0.15, 0.2) is 0 Å². The Hall–Kier alpha value is -0.460. The van der Waals surface area contributed by atoms with Gasteiger partial charge in [0.1, 0.15) is 6.10 Å². The fourth-order valence-electron chi connectivity index (χ4n) is 3.69. The predicted octanol–water partition coefficient (Wildman–Crippen LogP) is 6.32. The van der Waals surface area contributed by atoms with Crippen molar-refractivity contribution in [1.29, 1.82) is 0 Å². The number of hydrogen-bond donors (Lipinski definition) is 1. The molecule has 0 saturated carbocycles. The van der Waals surface area contributed by atoms with Crippen molar-refractivity contribution >= 4 is 14.1 Å². The first-order valence-corrected chi connectivity index (χ1v) is 15.4. The fraction of sp³-hybridized carbons (Fsp3) is 0.962. The van der Waals surface area contributed by atoms with E-state index in [0.29, 0.717) is 24.1 Å². The Bertz CT molecular complexity index is 512. The van der Waals surface area contributed by atoms with E-state index in [1.165, 1.54) is 83.5 Å². The Balaban J connectivity index is 3.61. The van der Waals surface area contributed by atoms with Gasteiger partial charge in [-0.3, -0.25) is 9.36 Å². The summed E-state index contributed by atoms with van der Waals surface area (Å²) < 4.78 is 28.4. The van der Waals surface area contributed by atoms with Gasteiger partial charge in [0.2, 0.25) is 0 Å². The molecule has 0 fully saturated rings. The molecule has 0 amide bonds. The number of unbranched alkanes of at least 4 members (excludes halogenated alkanes) is 14. The average Bonchev–Trinajstić information content (AvgIpc) is 2.78. The molecule has 8 heteroatoms. The monoisotopic (exact) mass is 508 g/mol. The zero-order chi connectivity index (χ0) is 25.5. The summed E-state index contributed by atoms with van der Waals surface area (Å²) in [7, 11) is 2.13. The van der Waals surface area contributed by atoms with Crippen molar-refractivity contribution in [2.75, 3.05) is 53.7 Å². The maximum Gasteiger partial charge on any atom is 0.333 e. The summed E-state index contributed by atoms with van der Waals surface area (Å²) >= 11 is 0. The van der Waals surface area contributed by atoms with Crippen LogP contribution in [0.2, 0.25) is 0 Å². The average molecular weight is 509 g/mol. The molecule has 0 bridgehead atoms. The molecule has 0 spiro atoms. The van der Waals surface area contributed by atoms with Crippen molar-refractivity contribution in [1.82, 2.24) is 0 Å². The normalized spacial score (nSPS) is 14.6. The highest BCUT2D eigenvalue weighted by Crippen LogP contribution is 2.41. The second kappa shape index (κ2) is 21.8. The number of ether oxygens (including phenoxy) is 2. The molecule has 0 heterocycles. The summed E-state index contributed by atoms with van der Waals surface area (Å²) in [6.07, 6.45) is 19.2. The van der Waals surface area contributed by atoms with Crippen LogP contribution in [0.3, 0.4) is 0 Å². The van der Waals surface area contributed by atoms with Crippen LogP contribution < -0.4 is 0 Å². The first-order valence-electron chi connectivity index (χ1n) is 13.6. The van der Waals surface area contributed by atoms with E-state index in [1.807, 2.05) is 21.1 Å². The quantitative estimate of drug-likeness (QED) is 0.0637. The Morgan fingerprint density at radius 1 is 0.794 bits per heavy atom. The molecule has 0 saturated heterocycles. The molecule has 0 aromatic heterocycles. The molecule has 0 aliphatic rings. The first kappa shape index (κ1) is 33.5. The summed E-state index contributed by atoms with van der Waals surface area (Å²) in [5, 5.41) is 0. The molecule has 204 valence electrons. The summed E-state index contributed by atoms with van der Waals surface area (Å²) in [5.41, 5.74) is 0. The van der Waals surface area contributed by atoms with Gasteiger partial charge in [-0.25, -0.2) is 0 Å². The van der Waals surface area contributed by atoms with Crippen molar-refractivity contribution < 1.29 is 32.7 Å². The van der Waals surface area contributed by atoms with Crippen LogP contribution in [-0.4, -0.2) is 75.6 Å². The van der Waals surface area contributed by atoms with E-state index in [4.69, 9.17) is 14.0 Å². The van der Waals surface area contributed by atoms with Gasteiger partial charge in [-0.2, -0.15) is 0 Å². The van der Waals surface area contributed by atoms with Crippen molar-refractivity contribution in [2.24, 2.45) is 0 Å². The molecule has 0 radical (unpaired) electrons. The van der Waals surface area contributed by atoms with Gasteiger partial charge in [0.05, 0.1) is 47.1 Å². The lowest BCUT2D eigenvalue weighted by molar-refractivity contribution is -0.867. The van der Waals surface area contributed by atoms with Crippen LogP contribution in [0.25, 0.3) is 0 Å². The highest BCUT2D eigenvalue weighted by atomic mass is 31.2. The SMILES string of the molecule is CCCCCCCCCCCCCCCCCOCC(COP(=O)(O)CC[N+](C)(C)C)OC=O. The number of hydrogen-bond acceptors (Lipinski definition) is 5. The van der Waals surface area contributed by atoms with E-state index < -0.39 is 13.7 Å². The molecule has 0 aromatic carbocycles. The predicted molar refractivity (Wildman–Crippen MR) is 140 cm³/mol. The minimum Gasteiger partial charge on any atom is -0.460 e. The zero-order valence-corrected chi connectivity index (χ0v) is 23.6. The Morgan fingerprint density at radius 2 is 1.26 bits per heavy atom. The third-order valence-corrected chi connectivity index (χ3v) is 7.28. The number of carbonyl (C=O) groups excluding carboxylic acids is 1. The lowest BCUT2D eigenvalue weighted by Crippen LogP contribution is -2.37. The number of nitrogens with zero attached hydrogens (tertiary/aromatic N) is 1. The number of rotatable bonds is 26. The zero-order valence-electron chi connectivity index (χ0n) is 22.7. The summed E-state index contributed by atoms with van der Waals surface area (Å²) in [4.78, 5) is 20.7. The van der Waals surface area contributed by atoms with E-state index in [1.54, 1.807) is 0 Å². The Morgan fingerprint density at radius 3 is 1.71 bits per heavy atom. The van der Waals surface area contributed by atoms with Gasteiger partial charge in [-0.15, -0.1) is 0 Å². The molecule has 0 rings (SSSR count). The maximum atomic E-state index is 12.1. The highest BCUT2D eigenvalue weighted by Gasteiger charge is 2.25. The van der Waals surface area contributed by atoms with Gasteiger partial charge >= 0.3 is 7.60 Å². The third-order valence-electron chi connectivity index (χ3n) is 5.96. The van der Waals surface area contributed by atoms with Gasteiger partial charge < -0.3 is 23.4 Å². The van der Waals surface area contributed by atoms with Crippen LogP contribution in [0.5, 0.6) is 0 Å². The van der Waals surface area contributed by atoms with Crippen LogP contribution in [0.15, 0.2) is 0 Å². The largest absolute Gasteiger partial charge is 0.460 e. The van der Waals surface area contributed by atoms with Crippen LogP contribution >= 0.6 is 7.60 Å². The molecule has 2 atom stereocenters. The standard InChI is InChI=1S/C26H54NO6P/c1-5-6-7-8-9-10-11-12-13-14-15-16-17-18-19-21-31-23-26(32-25-28)24-33-34(29,30)22-20-27(2,3)4/h25-26H,5-24H2,1-4H3/p+1. The second-order valence-electron chi connectivity index (χ2n) is 10.5. The van der Waals surface area contributed by atoms with E-state index >= 15 is 0 Å². The summed E-state index contributed by atoms with van der Waals surface area (Å²) in [6.45, 7) is 3.75. The fourth-order valence-corrected chi connectivity index (χ4v) is 5.07. The van der Waals surface area contributed by atoms with E-state index in [-0.39, 0.29) is 19.4 Å². The molecular weight excluding hydrogens is 453 g/mol. The lowest BCUT2D eigenvalue weighted by Gasteiger charge is -2.25. The molecule has 0 aliphatic carbocycles. The molecule has 2 unspecified atom stereocenters. The van der Waals surface area contributed by atoms with Gasteiger partial charge in [0, 0.05) is 6.61 Å². The minimum absolute atomic E-state index is 0.0598. The maximum absolute atomic E-state index is 12.1. The van der Waals surface area contributed by atoms with Crippen LogP contribution in [-0.2, 0) is 23.4 Å². The van der Waals surface area contributed by atoms with Crippen molar-refractivity contribution in [2.45, 2.75) is 109 Å². The third kappa shape index (κ3) is 24.7. The topological polar surface area (TPSA) is 82.1 Å². The second-order valence-corrected chi connectivity index (χ2v) is 12.5. The Kier molecular flexibility index (Phi) is 21.5. The number of quaternary nitrogens is 1. The number of carbonyl (C=O) groups is 1. The van der Waals surface area contributed by atoms with Crippen molar-refractivity contribution in [3.8, 4) is 0 Å². The molecule has 0 aromatic rings. The summed E-state index contributed by atoms with van der Waals surface area (Å²) in [6, 6.07) is 0. The van der Waals surface area contributed by atoms with Gasteiger partial charge in [0.25, 0.3) is 6.47 Å². The first-order chi connectivity index (χ1) is 16.2. The molecule has 0 aliphatic heterocycles. The van der Waals surface area contributed by atoms with Gasteiger partial charge in [-0.05, 0) is 6.42 Å². The lowest BCUT2D eigenvalue weighted by atomic mass is 10.0. The molecule has 1 N–H and O–H groups in total. The molecule has 34 heavy (non-hydrogen) atoms. The van der Waals surface area contributed by atoms with Crippen LogP contribution in [0, 0.1) is 0 Å². The van der Waals surface area contributed by atoms with Crippen LogP contribution in [0.1, 0.15) is 103 Å². The van der Waals surface area contributed by atoms with Crippen molar-refractivity contribution in [3.63, 3.8) is 0 Å². The van der Waals surface area contributed by atoms with Crippen LogP contribution in [0.4, 0.5) is 0 Å². The Labute approximate surface area is 210 Å².